The molecule has 0 N–H and O–H groups in total. The molecule has 0 amide bonds. The zero-order valence-electron chi connectivity index (χ0n) is 24.9. The van der Waals surface area contributed by atoms with Crippen LogP contribution in [-0.2, 0) is 0 Å². The van der Waals surface area contributed by atoms with Crippen LogP contribution in [-0.4, -0.2) is 9.97 Å². The average Bonchev–Trinajstić information content (AvgIpc) is 3.62. The highest BCUT2D eigenvalue weighted by Crippen LogP contribution is 2.50. The second kappa shape index (κ2) is 9.69. The Labute approximate surface area is 265 Å². The van der Waals surface area contributed by atoms with Gasteiger partial charge in [-0.1, -0.05) is 103 Å². The molecule has 8 aromatic carbocycles. The van der Waals surface area contributed by atoms with Crippen molar-refractivity contribution in [3.8, 4) is 0 Å². The van der Waals surface area contributed by atoms with Gasteiger partial charge in [0.25, 0.3) is 0 Å². The van der Waals surface area contributed by atoms with Crippen LogP contribution in [0.15, 0.2) is 134 Å². The van der Waals surface area contributed by atoms with E-state index in [0.29, 0.717) is 0 Å². The van der Waals surface area contributed by atoms with Gasteiger partial charge in [-0.2, -0.15) is 0 Å². The van der Waals surface area contributed by atoms with Gasteiger partial charge in [-0.15, -0.1) is 0 Å². The van der Waals surface area contributed by atoms with E-state index in [4.69, 9.17) is 0 Å². The van der Waals surface area contributed by atoms with Crippen molar-refractivity contribution in [2.75, 3.05) is 0 Å². The molecule has 0 fully saturated rings. The van der Waals surface area contributed by atoms with Crippen LogP contribution >= 0.6 is 0 Å². The summed E-state index contributed by atoms with van der Waals surface area (Å²) in [4.78, 5) is 9.29. The SMILES string of the molecule is C(=C\c1c2cc3c4ccccc4c4cccc(c2c(/C=C/c2ccccn2)c2c5cccc6cccc(c12)c65)c43)/c1ccccn1. The first-order valence-corrected chi connectivity index (χ1v) is 15.7. The Balaban J connectivity index is 1.48. The van der Waals surface area contributed by atoms with Crippen molar-refractivity contribution in [1.82, 2.24) is 9.97 Å². The Morgan fingerprint density at radius 3 is 1.50 bits per heavy atom. The first kappa shape index (κ1) is 25.2. The summed E-state index contributed by atoms with van der Waals surface area (Å²) in [5.74, 6) is 0. The smallest absolute Gasteiger partial charge is 0.0629 e. The maximum absolute atomic E-state index is 4.65. The molecule has 0 atom stereocenters. The molecule has 46 heavy (non-hydrogen) atoms. The predicted molar refractivity (Wildman–Crippen MR) is 198 cm³/mol. The fourth-order valence-electron chi connectivity index (χ4n) is 7.85. The topological polar surface area (TPSA) is 25.8 Å². The van der Waals surface area contributed by atoms with Gasteiger partial charge in [0.05, 0.1) is 11.4 Å². The summed E-state index contributed by atoms with van der Waals surface area (Å²) in [6.07, 6.45) is 12.6. The molecular formula is C44H26N2. The van der Waals surface area contributed by atoms with E-state index >= 15 is 0 Å². The van der Waals surface area contributed by atoms with Gasteiger partial charge in [0.2, 0.25) is 0 Å². The van der Waals surface area contributed by atoms with E-state index < -0.39 is 0 Å². The largest absolute Gasteiger partial charge is 0.257 e. The number of benzene rings is 6. The van der Waals surface area contributed by atoms with Crippen LogP contribution in [0.25, 0.3) is 99.7 Å². The van der Waals surface area contributed by atoms with Crippen molar-refractivity contribution in [2.24, 2.45) is 0 Å². The zero-order valence-corrected chi connectivity index (χ0v) is 24.9. The number of pyridine rings is 2. The molecule has 0 aliphatic heterocycles. The van der Waals surface area contributed by atoms with Crippen LogP contribution in [0.5, 0.6) is 0 Å². The molecule has 0 aliphatic rings. The molecule has 2 aromatic heterocycles. The van der Waals surface area contributed by atoms with Gasteiger partial charge in [0.1, 0.15) is 0 Å². The highest BCUT2D eigenvalue weighted by atomic mass is 14.7. The van der Waals surface area contributed by atoms with E-state index in [2.05, 4.69) is 131 Å². The molecule has 2 nitrogen and oxygen atoms in total. The number of nitrogens with zero attached hydrogens (tertiary/aromatic N) is 2. The van der Waals surface area contributed by atoms with Crippen molar-refractivity contribution < 1.29 is 0 Å². The molecule has 10 aromatic rings. The molecule has 0 spiro atoms. The predicted octanol–water partition coefficient (Wildman–Crippen LogP) is 11.8. The fraction of sp³-hybridized carbons (Fsp3) is 0. The summed E-state index contributed by atoms with van der Waals surface area (Å²) >= 11 is 0. The summed E-state index contributed by atoms with van der Waals surface area (Å²) in [6.45, 7) is 0. The highest BCUT2D eigenvalue weighted by Gasteiger charge is 2.23. The maximum Gasteiger partial charge on any atom is 0.0629 e. The average molecular weight is 583 g/mol. The van der Waals surface area contributed by atoms with Crippen molar-refractivity contribution in [1.29, 1.82) is 0 Å². The van der Waals surface area contributed by atoms with E-state index in [9.17, 15) is 0 Å². The third-order valence-electron chi connectivity index (χ3n) is 9.68. The molecule has 0 saturated heterocycles. The van der Waals surface area contributed by atoms with Gasteiger partial charge in [-0.05, 0) is 129 Å². The molecule has 0 unspecified atom stereocenters. The van der Waals surface area contributed by atoms with Gasteiger partial charge in [0.15, 0.2) is 0 Å². The Morgan fingerprint density at radius 2 is 0.848 bits per heavy atom. The van der Waals surface area contributed by atoms with Gasteiger partial charge in [0, 0.05) is 12.4 Å². The van der Waals surface area contributed by atoms with E-state index in [1.807, 2.05) is 36.7 Å². The second-order valence-corrected chi connectivity index (χ2v) is 12.1. The minimum Gasteiger partial charge on any atom is -0.257 e. The normalized spacial score (nSPS) is 12.6. The van der Waals surface area contributed by atoms with E-state index in [1.54, 1.807) is 0 Å². The minimum absolute atomic E-state index is 0.940. The third kappa shape index (κ3) is 3.53. The van der Waals surface area contributed by atoms with Crippen LogP contribution in [0, 0.1) is 0 Å². The van der Waals surface area contributed by atoms with Crippen LogP contribution in [0.4, 0.5) is 0 Å². The molecule has 0 aliphatic carbocycles. The summed E-state index contributed by atoms with van der Waals surface area (Å²) in [7, 11) is 0. The Kier molecular flexibility index (Phi) is 5.31. The van der Waals surface area contributed by atoms with Gasteiger partial charge < -0.3 is 0 Å². The Bertz CT molecular complexity index is 2820. The summed E-state index contributed by atoms with van der Waals surface area (Å²) in [5, 5.41) is 18.0. The van der Waals surface area contributed by atoms with Crippen LogP contribution in [0.1, 0.15) is 22.5 Å². The lowest BCUT2D eigenvalue weighted by Gasteiger charge is -2.15. The van der Waals surface area contributed by atoms with Gasteiger partial charge in [-0.25, -0.2) is 0 Å². The number of aromatic nitrogens is 2. The number of hydrogen-bond acceptors (Lipinski definition) is 2. The quantitative estimate of drug-likeness (QED) is 0.193. The molecular weight excluding hydrogens is 556 g/mol. The standard InChI is InChI=1S/C44H26N2/c1-2-15-31-30(14-1)32-16-9-19-36-41(32)38(31)26-39-33(22-20-28-12-3-5-24-45-28)43-34-17-7-10-27-11-8-18-35(40(27)34)44(43)37(42(36)39)23-21-29-13-4-6-25-46-29/h1-26H/b22-20+,23-21+. The molecule has 2 heteroatoms. The summed E-state index contributed by atoms with van der Waals surface area (Å²) in [5.41, 5.74) is 4.34. The number of rotatable bonds is 4. The van der Waals surface area contributed by atoms with E-state index in [1.165, 1.54) is 86.5 Å². The number of hydrogen-bond donors (Lipinski definition) is 0. The van der Waals surface area contributed by atoms with Gasteiger partial charge >= 0.3 is 0 Å². The summed E-state index contributed by atoms with van der Waals surface area (Å²) < 4.78 is 0. The van der Waals surface area contributed by atoms with E-state index in [0.717, 1.165) is 11.4 Å². The van der Waals surface area contributed by atoms with Crippen molar-refractivity contribution >= 4 is 99.7 Å². The lowest BCUT2D eigenvalue weighted by atomic mass is 9.87. The van der Waals surface area contributed by atoms with Crippen molar-refractivity contribution in [3.63, 3.8) is 0 Å². The zero-order chi connectivity index (χ0) is 30.2. The molecule has 212 valence electrons. The Morgan fingerprint density at radius 1 is 0.326 bits per heavy atom. The lowest BCUT2D eigenvalue weighted by Crippen LogP contribution is -1.90. The van der Waals surface area contributed by atoms with E-state index in [-0.39, 0.29) is 0 Å². The maximum atomic E-state index is 4.65. The fourth-order valence-corrected chi connectivity index (χ4v) is 7.85. The lowest BCUT2D eigenvalue weighted by molar-refractivity contribution is 1.30. The van der Waals surface area contributed by atoms with Crippen molar-refractivity contribution in [2.45, 2.75) is 0 Å². The van der Waals surface area contributed by atoms with Crippen LogP contribution < -0.4 is 0 Å². The molecule has 0 radical (unpaired) electrons. The minimum atomic E-state index is 0.940. The molecule has 0 saturated carbocycles. The molecule has 0 bridgehead atoms. The highest BCUT2D eigenvalue weighted by molar-refractivity contribution is 6.41. The van der Waals surface area contributed by atoms with Crippen LogP contribution in [0.3, 0.4) is 0 Å². The first-order chi connectivity index (χ1) is 22.8. The Hall–Kier alpha value is -6.12. The first-order valence-electron chi connectivity index (χ1n) is 15.7. The summed E-state index contributed by atoms with van der Waals surface area (Å²) in [6, 6.07) is 43.7. The molecule has 10 rings (SSSR count). The van der Waals surface area contributed by atoms with Crippen LogP contribution in [0.2, 0.25) is 0 Å². The third-order valence-corrected chi connectivity index (χ3v) is 9.68. The van der Waals surface area contributed by atoms with Gasteiger partial charge in [-0.3, -0.25) is 9.97 Å². The number of fused-ring (bicyclic) bond motifs is 8. The monoisotopic (exact) mass is 582 g/mol. The van der Waals surface area contributed by atoms with Crippen molar-refractivity contribution in [3.05, 3.63) is 156 Å². The second-order valence-electron chi connectivity index (χ2n) is 12.1. The molecule has 2 heterocycles.